The van der Waals surface area contributed by atoms with Crippen molar-refractivity contribution in [2.75, 3.05) is 25.4 Å². The maximum atomic E-state index is 12.6. The van der Waals surface area contributed by atoms with Gasteiger partial charge in [-0.1, -0.05) is 13.8 Å². The van der Waals surface area contributed by atoms with Crippen molar-refractivity contribution in [3.05, 3.63) is 29.3 Å². The average molecular weight is 292 g/mol. The molecule has 5 heteroatoms. The smallest absolute Gasteiger partial charge is 0.325 e. The minimum atomic E-state index is -0.389. The van der Waals surface area contributed by atoms with Gasteiger partial charge in [-0.3, -0.25) is 9.59 Å². The van der Waals surface area contributed by atoms with E-state index in [4.69, 9.17) is 10.5 Å². The molecule has 0 saturated heterocycles. The molecule has 1 rings (SSSR count). The summed E-state index contributed by atoms with van der Waals surface area (Å²) in [6, 6.07) is 5.15. The van der Waals surface area contributed by atoms with Crippen LogP contribution in [0.15, 0.2) is 18.2 Å². The van der Waals surface area contributed by atoms with Crippen molar-refractivity contribution in [2.45, 2.75) is 27.7 Å². The summed E-state index contributed by atoms with van der Waals surface area (Å²) in [6.07, 6.45) is 0. The Bertz CT molecular complexity index is 512. The second-order valence-electron chi connectivity index (χ2n) is 5.46. The Balaban J connectivity index is 2.95. The van der Waals surface area contributed by atoms with Gasteiger partial charge in [-0.2, -0.15) is 0 Å². The van der Waals surface area contributed by atoms with Crippen LogP contribution in [0.3, 0.4) is 0 Å². The van der Waals surface area contributed by atoms with Crippen LogP contribution in [0, 0.1) is 12.8 Å². The third kappa shape index (κ3) is 5.10. The first-order chi connectivity index (χ1) is 9.85. The second-order valence-corrected chi connectivity index (χ2v) is 5.46. The Kier molecular flexibility index (Phi) is 6.21. The van der Waals surface area contributed by atoms with Crippen molar-refractivity contribution < 1.29 is 14.3 Å². The van der Waals surface area contributed by atoms with E-state index in [0.717, 1.165) is 5.56 Å². The fourth-order valence-electron chi connectivity index (χ4n) is 2.12. The van der Waals surface area contributed by atoms with Crippen molar-refractivity contribution in [3.63, 3.8) is 0 Å². The summed E-state index contributed by atoms with van der Waals surface area (Å²) in [5.74, 6) is -0.300. The first-order valence-corrected chi connectivity index (χ1v) is 7.16. The SMILES string of the molecule is CCOC(=O)CN(CC(C)C)C(=O)c1ccc(N)cc1C. The Hall–Kier alpha value is -2.04. The van der Waals surface area contributed by atoms with E-state index in [0.29, 0.717) is 24.4 Å². The lowest BCUT2D eigenvalue weighted by Crippen LogP contribution is -2.39. The number of aryl methyl sites for hydroxylation is 1. The van der Waals surface area contributed by atoms with Gasteiger partial charge in [0.25, 0.3) is 5.91 Å². The molecule has 0 aromatic heterocycles. The predicted molar refractivity (Wildman–Crippen MR) is 83.0 cm³/mol. The summed E-state index contributed by atoms with van der Waals surface area (Å²) in [5, 5.41) is 0. The van der Waals surface area contributed by atoms with Crippen molar-refractivity contribution in [1.29, 1.82) is 0 Å². The molecule has 5 nitrogen and oxygen atoms in total. The Labute approximate surface area is 126 Å². The first-order valence-electron chi connectivity index (χ1n) is 7.16. The second kappa shape index (κ2) is 7.67. The van der Waals surface area contributed by atoms with Crippen LogP contribution in [0.25, 0.3) is 0 Å². The highest BCUT2D eigenvalue weighted by molar-refractivity contribution is 5.97. The summed E-state index contributed by atoms with van der Waals surface area (Å²) in [6.45, 7) is 8.36. The van der Waals surface area contributed by atoms with Gasteiger partial charge in [0.05, 0.1) is 6.61 Å². The van der Waals surface area contributed by atoms with Crippen LogP contribution in [-0.2, 0) is 9.53 Å². The van der Waals surface area contributed by atoms with Crippen LogP contribution in [0.2, 0.25) is 0 Å². The number of esters is 1. The first kappa shape index (κ1) is 17.0. The number of anilines is 1. The Morgan fingerprint density at radius 1 is 1.33 bits per heavy atom. The summed E-state index contributed by atoms with van der Waals surface area (Å²) in [5.41, 5.74) is 7.69. The fraction of sp³-hybridized carbons (Fsp3) is 0.500. The van der Waals surface area contributed by atoms with E-state index in [1.807, 2.05) is 20.8 Å². The maximum Gasteiger partial charge on any atom is 0.325 e. The van der Waals surface area contributed by atoms with Crippen LogP contribution < -0.4 is 5.73 Å². The molecule has 0 radical (unpaired) electrons. The highest BCUT2D eigenvalue weighted by Crippen LogP contribution is 2.15. The van der Waals surface area contributed by atoms with Crippen LogP contribution in [0.4, 0.5) is 5.69 Å². The van der Waals surface area contributed by atoms with Gasteiger partial charge in [-0.05, 0) is 43.5 Å². The fourth-order valence-corrected chi connectivity index (χ4v) is 2.12. The molecule has 0 heterocycles. The third-order valence-corrected chi connectivity index (χ3v) is 2.98. The monoisotopic (exact) mass is 292 g/mol. The molecule has 21 heavy (non-hydrogen) atoms. The van der Waals surface area contributed by atoms with Crippen LogP contribution in [0.1, 0.15) is 36.7 Å². The van der Waals surface area contributed by atoms with Gasteiger partial charge >= 0.3 is 5.97 Å². The molecule has 0 unspecified atom stereocenters. The van der Waals surface area contributed by atoms with Crippen LogP contribution in [-0.4, -0.2) is 36.5 Å². The van der Waals surface area contributed by atoms with E-state index in [2.05, 4.69) is 0 Å². The molecular weight excluding hydrogens is 268 g/mol. The lowest BCUT2D eigenvalue weighted by atomic mass is 10.1. The minimum Gasteiger partial charge on any atom is -0.465 e. The quantitative estimate of drug-likeness (QED) is 0.644. The standard InChI is InChI=1S/C16H24N2O3/c1-5-21-15(19)10-18(9-11(2)3)16(20)14-7-6-13(17)8-12(14)4/h6-8,11H,5,9-10,17H2,1-4H3. The average Bonchev–Trinajstić information content (AvgIpc) is 2.37. The number of nitrogen functional groups attached to an aromatic ring is 1. The normalized spacial score (nSPS) is 10.5. The summed E-state index contributed by atoms with van der Waals surface area (Å²) >= 11 is 0. The van der Waals surface area contributed by atoms with E-state index >= 15 is 0 Å². The molecule has 0 aliphatic rings. The number of carbonyl (C=O) groups excluding carboxylic acids is 2. The number of nitrogens with two attached hydrogens (primary N) is 1. The zero-order valence-electron chi connectivity index (χ0n) is 13.2. The van der Waals surface area contributed by atoms with E-state index in [9.17, 15) is 9.59 Å². The van der Waals surface area contributed by atoms with Gasteiger partial charge in [0.2, 0.25) is 0 Å². The zero-order valence-corrected chi connectivity index (χ0v) is 13.2. The molecule has 116 valence electrons. The number of benzene rings is 1. The molecule has 1 amide bonds. The predicted octanol–water partition coefficient (Wildman–Crippen LogP) is 2.24. The van der Waals surface area contributed by atoms with Gasteiger partial charge in [-0.25, -0.2) is 0 Å². The molecular formula is C16H24N2O3. The van der Waals surface area contributed by atoms with Crippen molar-refractivity contribution in [3.8, 4) is 0 Å². The van der Waals surface area contributed by atoms with Gasteiger partial charge < -0.3 is 15.4 Å². The number of carbonyl (C=O) groups is 2. The van der Waals surface area contributed by atoms with E-state index < -0.39 is 0 Å². The zero-order chi connectivity index (χ0) is 16.0. The van der Waals surface area contributed by atoms with Gasteiger partial charge in [0, 0.05) is 17.8 Å². The molecule has 2 N–H and O–H groups in total. The number of nitrogens with zero attached hydrogens (tertiary/aromatic N) is 1. The van der Waals surface area contributed by atoms with Crippen LogP contribution in [0.5, 0.6) is 0 Å². The molecule has 1 aromatic carbocycles. The van der Waals surface area contributed by atoms with Crippen molar-refractivity contribution in [2.24, 2.45) is 5.92 Å². The molecule has 0 spiro atoms. The summed E-state index contributed by atoms with van der Waals surface area (Å²) in [4.78, 5) is 25.8. The number of amides is 1. The number of hydrogen-bond acceptors (Lipinski definition) is 4. The van der Waals surface area contributed by atoms with E-state index in [-0.39, 0.29) is 24.3 Å². The summed E-state index contributed by atoms with van der Waals surface area (Å²) in [7, 11) is 0. The maximum absolute atomic E-state index is 12.6. The Morgan fingerprint density at radius 2 is 2.00 bits per heavy atom. The van der Waals surface area contributed by atoms with Gasteiger partial charge in [-0.15, -0.1) is 0 Å². The molecule has 1 aromatic rings. The van der Waals surface area contributed by atoms with Crippen molar-refractivity contribution in [1.82, 2.24) is 4.90 Å². The van der Waals surface area contributed by atoms with E-state index in [1.54, 1.807) is 25.1 Å². The van der Waals surface area contributed by atoms with Crippen LogP contribution >= 0.6 is 0 Å². The lowest BCUT2D eigenvalue weighted by Gasteiger charge is -2.24. The number of rotatable bonds is 6. The number of hydrogen-bond donors (Lipinski definition) is 1. The molecule has 0 atom stereocenters. The largest absolute Gasteiger partial charge is 0.465 e. The highest BCUT2D eigenvalue weighted by Gasteiger charge is 2.21. The van der Waals surface area contributed by atoms with Gasteiger partial charge in [0.15, 0.2) is 0 Å². The van der Waals surface area contributed by atoms with E-state index in [1.165, 1.54) is 4.90 Å². The minimum absolute atomic E-state index is 0.0331. The number of ether oxygens (including phenoxy) is 1. The molecule has 0 fully saturated rings. The molecule has 0 aliphatic heterocycles. The third-order valence-electron chi connectivity index (χ3n) is 2.98. The Morgan fingerprint density at radius 3 is 2.52 bits per heavy atom. The molecule has 0 saturated carbocycles. The van der Waals surface area contributed by atoms with Gasteiger partial charge in [0.1, 0.15) is 6.54 Å². The summed E-state index contributed by atoms with van der Waals surface area (Å²) < 4.78 is 4.94. The molecule has 0 aliphatic carbocycles. The van der Waals surface area contributed by atoms with Crippen molar-refractivity contribution >= 4 is 17.6 Å². The molecule has 0 bridgehead atoms. The highest BCUT2D eigenvalue weighted by atomic mass is 16.5. The lowest BCUT2D eigenvalue weighted by molar-refractivity contribution is -0.143. The topological polar surface area (TPSA) is 72.6 Å².